The number of likely N-dealkylation sites (tertiary alicyclic amines) is 1. The predicted octanol–water partition coefficient (Wildman–Crippen LogP) is 2.04. The molecule has 0 radical (unpaired) electrons. The summed E-state index contributed by atoms with van der Waals surface area (Å²) in [6, 6.07) is 0. The summed E-state index contributed by atoms with van der Waals surface area (Å²) in [5, 5.41) is 9.41. The maximum Gasteiger partial charge on any atom is 0.411 e. The number of ether oxygens (including phenoxy) is 2. The summed E-state index contributed by atoms with van der Waals surface area (Å²) in [5.74, 6) is -1.06. The van der Waals surface area contributed by atoms with Crippen LogP contribution < -0.4 is 0 Å². The van der Waals surface area contributed by atoms with Gasteiger partial charge in [0.1, 0.15) is 11.1 Å². The summed E-state index contributed by atoms with van der Waals surface area (Å²) >= 11 is 0. The molecule has 0 unspecified atom stereocenters. The normalized spacial score (nSPS) is 26.4. The smallest absolute Gasteiger partial charge is 0.411 e. The van der Waals surface area contributed by atoms with Gasteiger partial charge in [0.2, 0.25) is 0 Å². The summed E-state index contributed by atoms with van der Waals surface area (Å²) in [6.07, 6.45) is 0.859. The van der Waals surface area contributed by atoms with Crippen LogP contribution >= 0.6 is 0 Å². The summed E-state index contributed by atoms with van der Waals surface area (Å²) < 4.78 is 10.7. The monoisotopic (exact) mass is 285 g/mol. The first-order valence-corrected chi connectivity index (χ1v) is 6.56. The third kappa shape index (κ3) is 3.72. The second kappa shape index (κ2) is 5.83. The number of hydrogen-bond donors (Lipinski definition) is 1. The van der Waals surface area contributed by atoms with Gasteiger partial charge in [-0.25, -0.2) is 9.59 Å². The summed E-state index contributed by atoms with van der Waals surface area (Å²) in [4.78, 5) is 24.9. The van der Waals surface area contributed by atoms with Gasteiger partial charge in [-0.1, -0.05) is 6.08 Å². The molecule has 114 valence electrons. The second-order valence-corrected chi connectivity index (χ2v) is 6.12. The number of carboxylic acids is 1. The van der Waals surface area contributed by atoms with E-state index in [2.05, 4.69) is 6.58 Å². The molecule has 1 N–H and O–H groups in total. The number of carbonyl (C=O) groups excluding carboxylic acids is 1. The lowest BCUT2D eigenvalue weighted by Crippen LogP contribution is -2.52. The predicted molar refractivity (Wildman–Crippen MR) is 73.5 cm³/mol. The average molecular weight is 285 g/mol. The Kier molecular flexibility index (Phi) is 4.81. The fraction of sp³-hybridized carbons (Fsp3) is 0.714. The van der Waals surface area contributed by atoms with Crippen molar-refractivity contribution in [2.75, 3.05) is 13.2 Å². The zero-order valence-electron chi connectivity index (χ0n) is 12.5. The van der Waals surface area contributed by atoms with E-state index in [1.54, 1.807) is 26.8 Å². The van der Waals surface area contributed by atoms with Crippen LogP contribution in [0.5, 0.6) is 0 Å². The van der Waals surface area contributed by atoms with E-state index in [0.717, 1.165) is 0 Å². The standard InChI is InChI=1S/C14H23NO5/c1-6-7-19-10-8-14(5,11(16)17)15(9-10)12(18)20-13(2,3)4/h6,10H,1,7-9H2,2-5H3,(H,16,17)/t10-,14-/m1/s1. The Bertz CT molecular complexity index is 401. The Labute approximate surface area is 119 Å². The highest BCUT2D eigenvalue weighted by Crippen LogP contribution is 2.32. The SMILES string of the molecule is C=CCO[C@H]1CN(C(=O)OC(C)(C)C)[C@@](C)(C(=O)O)C1. The average Bonchev–Trinajstić information content (AvgIpc) is 2.63. The fourth-order valence-corrected chi connectivity index (χ4v) is 2.13. The Morgan fingerprint density at radius 3 is 2.55 bits per heavy atom. The molecule has 0 aromatic rings. The first-order valence-electron chi connectivity index (χ1n) is 6.56. The van der Waals surface area contributed by atoms with Gasteiger partial charge < -0.3 is 14.6 Å². The third-order valence-electron chi connectivity index (χ3n) is 3.13. The lowest BCUT2D eigenvalue weighted by atomic mass is 9.99. The van der Waals surface area contributed by atoms with Crippen LogP contribution in [0.25, 0.3) is 0 Å². The highest BCUT2D eigenvalue weighted by Gasteiger charge is 2.51. The highest BCUT2D eigenvalue weighted by molar-refractivity contribution is 5.85. The van der Waals surface area contributed by atoms with Crippen LogP contribution in [-0.4, -0.2) is 52.5 Å². The van der Waals surface area contributed by atoms with E-state index in [-0.39, 0.29) is 19.1 Å². The van der Waals surface area contributed by atoms with Gasteiger partial charge in [0, 0.05) is 6.42 Å². The van der Waals surface area contributed by atoms with Crippen molar-refractivity contribution in [1.29, 1.82) is 0 Å². The highest BCUT2D eigenvalue weighted by atomic mass is 16.6. The number of nitrogens with zero attached hydrogens (tertiary/aromatic N) is 1. The Morgan fingerprint density at radius 2 is 2.10 bits per heavy atom. The van der Waals surface area contributed by atoms with Crippen LogP contribution in [0.1, 0.15) is 34.1 Å². The molecule has 1 fully saturated rings. The molecule has 0 aliphatic carbocycles. The molecule has 1 saturated heterocycles. The number of amides is 1. The van der Waals surface area contributed by atoms with Crippen molar-refractivity contribution in [2.24, 2.45) is 0 Å². The van der Waals surface area contributed by atoms with Crippen molar-refractivity contribution in [3.05, 3.63) is 12.7 Å². The van der Waals surface area contributed by atoms with Gasteiger partial charge in [-0.15, -0.1) is 6.58 Å². The van der Waals surface area contributed by atoms with Crippen molar-refractivity contribution >= 4 is 12.1 Å². The van der Waals surface area contributed by atoms with Crippen LogP contribution in [0.3, 0.4) is 0 Å². The quantitative estimate of drug-likeness (QED) is 0.800. The van der Waals surface area contributed by atoms with E-state index in [1.807, 2.05) is 0 Å². The molecule has 6 heteroatoms. The minimum atomic E-state index is -1.31. The molecule has 6 nitrogen and oxygen atoms in total. The van der Waals surface area contributed by atoms with Crippen molar-refractivity contribution in [2.45, 2.75) is 51.4 Å². The van der Waals surface area contributed by atoms with Gasteiger partial charge in [0.05, 0.1) is 19.3 Å². The van der Waals surface area contributed by atoms with Crippen LogP contribution in [0, 0.1) is 0 Å². The molecule has 0 aromatic heterocycles. The maximum absolute atomic E-state index is 12.2. The van der Waals surface area contributed by atoms with Gasteiger partial charge in [-0.3, -0.25) is 4.90 Å². The molecule has 1 aliphatic heterocycles. The topological polar surface area (TPSA) is 76.1 Å². The van der Waals surface area contributed by atoms with Crippen molar-refractivity contribution < 1.29 is 24.2 Å². The molecule has 2 atom stereocenters. The van der Waals surface area contributed by atoms with Gasteiger partial charge in [-0.2, -0.15) is 0 Å². The van der Waals surface area contributed by atoms with Crippen LogP contribution in [-0.2, 0) is 14.3 Å². The van der Waals surface area contributed by atoms with E-state index in [4.69, 9.17) is 9.47 Å². The molecule has 1 aliphatic rings. The summed E-state index contributed by atoms with van der Waals surface area (Å²) in [7, 11) is 0. The molecule has 20 heavy (non-hydrogen) atoms. The molecular formula is C14H23NO5. The molecule has 1 rings (SSSR count). The van der Waals surface area contributed by atoms with Gasteiger partial charge >= 0.3 is 12.1 Å². The number of carboxylic acid groups (broad SMARTS) is 1. The zero-order valence-corrected chi connectivity index (χ0v) is 12.5. The van der Waals surface area contributed by atoms with Crippen LogP contribution in [0.2, 0.25) is 0 Å². The first kappa shape index (κ1) is 16.5. The number of hydrogen-bond acceptors (Lipinski definition) is 4. The lowest BCUT2D eigenvalue weighted by molar-refractivity contribution is -0.148. The van der Waals surface area contributed by atoms with Crippen molar-refractivity contribution in [1.82, 2.24) is 4.90 Å². The van der Waals surface area contributed by atoms with Crippen LogP contribution in [0.15, 0.2) is 12.7 Å². The van der Waals surface area contributed by atoms with Crippen molar-refractivity contribution in [3.8, 4) is 0 Å². The fourth-order valence-electron chi connectivity index (χ4n) is 2.13. The van der Waals surface area contributed by atoms with Crippen molar-refractivity contribution in [3.63, 3.8) is 0 Å². The molecule has 0 bridgehead atoms. The minimum absolute atomic E-state index is 0.200. The zero-order chi connectivity index (χ0) is 15.6. The van der Waals surface area contributed by atoms with E-state index in [9.17, 15) is 14.7 Å². The van der Waals surface area contributed by atoms with E-state index in [0.29, 0.717) is 6.61 Å². The molecular weight excluding hydrogens is 262 g/mol. The Balaban J connectivity index is 2.87. The van der Waals surface area contributed by atoms with Gasteiger partial charge in [-0.05, 0) is 27.7 Å². The lowest BCUT2D eigenvalue weighted by Gasteiger charge is -2.32. The molecule has 0 spiro atoms. The van der Waals surface area contributed by atoms with E-state index >= 15 is 0 Å². The summed E-state index contributed by atoms with van der Waals surface area (Å²) in [6.45, 7) is 10.8. The Hall–Kier alpha value is -1.56. The molecule has 0 saturated carbocycles. The van der Waals surface area contributed by atoms with E-state index in [1.165, 1.54) is 11.8 Å². The number of aliphatic carboxylic acids is 1. The van der Waals surface area contributed by atoms with Gasteiger partial charge in [0.25, 0.3) is 0 Å². The molecule has 0 aromatic carbocycles. The number of carbonyl (C=O) groups is 2. The van der Waals surface area contributed by atoms with Crippen LogP contribution in [0.4, 0.5) is 4.79 Å². The van der Waals surface area contributed by atoms with E-state index < -0.39 is 23.2 Å². The maximum atomic E-state index is 12.2. The summed E-state index contributed by atoms with van der Waals surface area (Å²) in [5.41, 5.74) is -1.98. The van der Waals surface area contributed by atoms with Gasteiger partial charge in [0.15, 0.2) is 0 Å². The third-order valence-corrected chi connectivity index (χ3v) is 3.13. The number of rotatable bonds is 4. The first-order chi connectivity index (χ1) is 9.10. The Morgan fingerprint density at radius 1 is 1.50 bits per heavy atom. The second-order valence-electron chi connectivity index (χ2n) is 6.12. The minimum Gasteiger partial charge on any atom is -0.480 e. The molecule has 1 amide bonds. The molecule has 1 heterocycles. The largest absolute Gasteiger partial charge is 0.480 e.